The number of hydrogen-bond donors (Lipinski definition) is 3. The Morgan fingerprint density at radius 3 is 2.63 bits per heavy atom. The standard InChI is InChI=1S/C11H12BrF2N5/c1-19-11(15)5(4-17-19)10(18-16)8-7(13)3-2-6(12)9(8)14/h2-4,10,18H,15-16H2,1H3. The van der Waals surface area contributed by atoms with Gasteiger partial charge in [-0.05, 0) is 28.1 Å². The van der Waals surface area contributed by atoms with E-state index in [9.17, 15) is 8.78 Å². The Balaban J connectivity index is 2.61. The Hall–Kier alpha value is -1.51. The second kappa shape index (κ2) is 5.24. The van der Waals surface area contributed by atoms with E-state index in [-0.39, 0.29) is 15.9 Å². The van der Waals surface area contributed by atoms with Crippen LogP contribution in [0.15, 0.2) is 22.8 Å². The number of nitrogen functional groups attached to an aromatic ring is 1. The Labute approximate surface area is 116 Å². The largest absolute Gasteiger partial charge is 0.384 e. The topological polar surface area (TPSA) is 81.9 Å². The molecule has 0 radical (unpaired) electrons. The fourth-order valence-electron chi connectivity index (χ4n) is 1.82. The van der Waals surface area contributed by atoms with E-state index in [2.05, 4.69) is 26.5 Å². The van der Waals surface area contributed by atoms with Crippen LogP contribution in [-0.4, -0.2) is 9.78 Å². The van der Waals surface area contributed by atoms with Crippen molar-refractivity contribution in [3.05, 3.63) is 45.6 Å². The third-order valence-corrected chi connectivity index (χ3v) is 3.47. The molecular weight excluding hydrogens is 320 g/mol. The monoisotopic (exact) mass is 331 g/mol. The molecule has 102 valence electrons. The number of aromatic nitrogens is 2. The minimum atomic E-state index is -0.925. The summed E-state index contributed by atoms with van der Waals surface area (Å²) in [6.45, 7) is 0. The molecule has 0 fully saturated rings. The van der Waals surface area contributed by atoms with Gasteiger partial charge >= 0.3 is 0 Å². The summed E-state index contributed by atoms with van der Waals surface area (Å²) in [5, 5.41) is 3.93. The van der Waals surface area contributed by atoms with Crippen LogP contribution in [0.5, 0.6) is 0 Å². The number of hydrogen-bond acceptors (Lipinski definition) is 4. The summed E-state index contributed by atoms with van der Waals surface area (Å²) in [4.78, 5) is 0. The highest BCUT2D eigenvalue weighted by Crippen LogP contribution is 2.32. The molecule has 2 aromatic rings. The molecule has 0 aliphatic rings. The van der Waals surface area contributed by atoms with Gasteiger partial charge in [-0.25, -0.2) is 14.2 Å². The number of halogens is 3. The summed E-state index contributed by atoms with van der Waals surface area (Å²) in [5.41, 5.74) is 8.36. The van der Waals surface area contributed by atoms with E-state index in [0.29, 0.717) is 5.56 Å². The first-order valence-corrected chi connectivity index (χ1v) is 6.13. The average Bonchev–Trinajstić information content (AvgIpc) is 2.71. The third kappa shape index (κ3) is 2.34. The second-order valence-electron chi connectivity index (χ2n) is 3.97. The maximum atomic E-state index is 14.1. The zero-order valence-electron chi connectivity index (χ0n) is 9.99. The van der Waals surface area contributed by atoms with Crippen LogP contribution in [0, 0.1) is 11.6 Å². The second-order valence-corrected chi connectivity index (χ2v) is 4.82. The van der Waals surface area contributed by atoms with E-state index in [0.717, 1.165) is 6.07 Å². The van der Waals surface area contributed by atoms with Crippen LogP contribution in [0.2, 0.25) is 0 Å². The van der Waals surface area contributed by atoms with Crippen molar-refractivity contribution in [3.63, 3.8) is 0 Å². The van der Waals surface area contributed by atoms with E-state index < -0.39 is 17.7 Å². The number of aryl methyl sites for hydroxylation is 1. The summed E-state index contributed by atoms with van der Waals surface area (Å²) in [7, 11) is 1.63. The lowest BCUT2D eigenvalue weighted by Crippen LogP contribution is -2.30. The van der Waals surface area contributed by atoms with Crippen LogP contribution in [0.1, 0.15) is 17.2 Å². The fourth-order valence-corrected chi connectivity index (χ4v) is 2.17. The van der Waals surface area contributed by atoms with Gasteiger partial charge in [0.15, 0.2) is 0 Å². The van der Waals surface area contributed by atoms with Crippen molar-refractivity contribution in [2.75, 3.05) is 5.73 Å². The van der Waals surface area contributed by atoms with E-state index in [1.165, 1.54) is 16.9 Å². The molecule has 0 bridgehead atoms. The molecular formula is C11H12BrF2N5. The van der Waals surface area contributed by atoms with Gasteiger partial charge in [0, 0.05) is 18.2 Å². The van der Waals surface area contributed by atoms with E-state index in [1.807, 2.05) is 0 Å². The van der Waals surface area contributed by atoms with Crippen LogP contribution in [0.3, 0.4) is 0 Å². The smallest absolute Gasteiger partial charge is 0.145 e. The Kier molecular flexibility index (Phi) is 3.83. The predicted octanol–water partition coefficient (Wildman–Crippen LogP) is 1.60. The molecule has 0 aliphatic carbocycles. The van der Waals surface area contributed by atoms with Crippen LogP contribution in [-0.2, 0) is 7.05 Å². The first-order valence-electron chi connectivity index (χ1n) is 5.34. The highest BCUT2D eigenvalue weighted by Gasteiger charge is 2.25. The van der Waals surface area contributed by atoms with Crippen LogP contribution in [0.25, 0.3) is 0 Å². The molecule has 0 aliphatic heterocycles. The molecule has 5 N–H and O–H groups in total. The minimum Gasteiger partial charge on any atom is -0.384 e. The molecule has 0 saturated heterocycles. The fraction of sp³-hybridized carbons (Fsp3) is 0.182. The van der Waals surface area contributed by atoms with Gasteiger partial charge in [-0.2, -0.15) is 5.10 Å². The Morgan fingerprint density at radius 1 is 1.42 bits per heavy atom. The van der Waals surface area contributed by atoms with Crippen molar-refractivity contribution >= 4 is 21.7 Å². The maximum absolute atomic E-state index is 14.1. The number of nitrogens with one attached hydrogen (secondary N) is 1. The lowest BCUT2D eigenvalue weighted by Gasteiger charge is -2.18. The van der Waals surface area contributed by atoms with Gasteiger partial charge in [-0.1, -0.05) is 0 Å². The van der Waals surface area contributed by atoms with Gasteiger partial charge in [-0.15, -0.1) is 0 Å². The van der Waals surface area contributed by atoms with Gasteiger partial charge in [0.1, 0.15) is 17.5 Å². The summed E-state index contributed by atoms with van der Waals surface area (Å²) in [6.07, 6.45) is 1.42. The number of benzene rings is 1. The first-order chi connectivity index (χ1) is 8.97. The molecule has 5 nitrogen and oxygen atoms in total. The number of nitrogens with zero attached hydrogens (tertiary/aromatic N) is 2. The molecule has 0 saturated carbocycles. The summed E-state index contributed by atoms with van der Waals surface area (Å²) in [6, 6.07) is 1.51. The Morgan fingerprint density at radius 2 is 2.11 bits per heavy atom. The normalized spacial score (nSPS) is 12.7. The number of anilines is 1. The quantitative estimate of drug-likeness (QED) is 0.453. The van der Waals surface area contributed by atoms with Crippen molar-refractivity contribution in [1.29, 1.82) is 0 Å². The zero-order valence-corrected chi connectivity index (χ0v) is 11.6. The molecule has 1 unspecified atom stereocenters. The molecule has 0 spiro atoms. The Bertz CT molecular complexity index is 613. The van der Waals surface area contributed by atoms with Gasteiger partial charge < -0.3 is 5.73 Å². The number of nitrogens with two attached hydrogens (primary N) is 2. The molecule has 0 amide bonds. The molecule has 2 rings (SSSR count). The van der Waals surface area contributed by atoms with Gasteiger partial charge in [0.2, 0.25) is 0 Å². The van der Waals surface area contributed by atoms with Crippen molar-refractivity contribution in [2.45, 2.75) is 6.04 Å². The zero-order chi connectivity index (χ0) is 14.2. The van der Waals surface area contributed by atoms with Gasteiger partial charge in [0.25, 0.3) is 0 Å². The third-order valence-electron chi connectivity index (χ3n) is 2.86. The number of hydrazine groups is 1. The lowest BCUT2D eigenvalue weighted by molar-refractivity contribution is 0.508. The lowest BCUT2D eigenvalue weighted by atomic mass is 10.0. The molecule has 1 aromatic carbocycles. The molecule has 8 heteroatoms. The molecule has 1 atom stereocenters. The van der Waals surface area contributed by atoms with E-state index in [1.54, 1.807) is 7.05 Å². The minimum absolute atomic E-state index is 0.145. The average molecular weight is 332 g/mol. The van der Waals surface area contributed by atoms with Crippen molar-refractivity contribution < 1.29 is 8.78 Å². The molecule has 19 heavy (non-hydrogen) atoms. The predicted molar refractivity (Wildman–Crippen MR) is 70.8 cm³/mol. The highest BCUT2D eigenvalue weighted by atomic mass is 79.9. The summed E-state index contributed by atoms with van der Waals surface area (Å²) < 4.78 is 29.5. The van der Waals surface area contributed by atoms with Crippen LogP contribution in [0.4, 0.5) is 14.6 Å². The maximum Gasteiger partial charge on any atom is 0.145 e. The van der Waals surface area contributed by atoms with E-state index >= 15 is 0 Å². The first kappa shape index (κ1) is 13.9. The van der Waals surface area contributed by atoms with Crippen molar-refractivity contribution in [1.82, 2.24) is 15.2 Å². The highest BCUT2D eigenvalue weighted by molar-refractivity contribution is 9.10. The summed E-state index contributed by atoms with van der Waals surface area (Å²) >= 11 is 3.01. The van der Waals surface area contributed by atoms with Crippen molar-refractivity contribution in [3.8, 4) is 0 Å². The summed E-state index contributed by atoms with van der Waals surface area (Å²) in [5.74, 6) is 4.24. The number of rotatable bonds is 3. The van der Waals surface area contributed by atoms with Crippen molar-refractivity contribution in [2.24, 2.45) is 12.9 Å². The van der Waals surface area contributed by atoms with Crippen LogP contribution < -0.4 is 17.0 Å². The molecule has 1 heterocycles. The van der Waals surface area contributed by atoms with E-state index in [4.69, 9.17) is 11.6 Å². The van der Waals surface area contributed by atoms with Crippen LogP contribution >= 0.6 is 15.9 Å². The van der Waals surface area contributed by atoms with Gasteiger partial charge in [0.05, 0.1) is 16.7 Å². The van der Waals surface area contributed by atoms with Gasteiger partial charge in [-0.3, -0.25) is 10.5 Å². The SMILES string of the molecule is Cn1ncc(C(NN)c2c(F)ccc(Br)c2F)c1N. The molecule has 1 aromatic heterocycles.